The number of hydrogen-bond acceptors (Lipinski definition) is 5. The highest BCUT2D eigenvalue weighted by atomic mass is 79.9. The number of carbonyl (C=O) groups is 1. The standard InChI is InChI=1S/C8H6BrN3O3/c9-7-5(1-2-14-7)8(13)10-3-6-11-4-15-12-6/h1-2,4H,3H2,(H,10,13). The van der Waals surface area contributed by atoms with Crippen molar-refractivity contribution in [2.75, 3.05) is 0 Å². The largest absolute Gasteiger partial charge is 0.457 e. The molecule has 0 saturated carbocycles. The average molecular weight is 272 g/mol. The van der Waals surface area contributed by atoms with Gasteiger partial charge in [0.2, 0.25) is 6.39 Å². The third kappa shape index (κ3) is 2.24. The van der Waals surface area contributed by atoms with Crippen LogP contribution in [-0.2, 0) is 6.54 Å². The van der Waals surface area contributed by atoms with Crippen LogP contribution in [0.3, 0.4) is 0 Å². The number of amides is 1. The van der Waals surface area contributed by atoms with Gasteiger partial charge in [-0.1, -0.05) is 5.16 Å². The Morgan fingerprint density at radius 1 is 1.60 bits per heavy atom. The molecule has 7 heteroatoms. The van der Waals surface area contributed by atoms with Crippen LogP contribution < -0.4 is 5.32 Å². The van der Waals surface area contributed by atoms with Gasteiger partial charge in [0.1, 0.15) is 0 Å². The Morgan fingerprint density at radius 3 is 3.07 bits per heavy atom. The fourth-order valence-electron chi connectivity index (χ4n) is 0.981. The molecule has 6 nitrogen and oxygen atoms in total. The van der Waals surface area contributed by atoms with Crippen molar-refractivity contribution in [2.24, 2.45) is 0 Å². The molecule has 2 aromatic heterocycles. The van der Waals surface area contributed by atoms with Gasteiger partial charge < -0.3 is 14.3 Å². The first-order valence-electron chi connectivity index (χ1n) is 4.04. The zero-order chi connectivity index (χ0) is 10.7. The summed E-state index contributed by atoms with van der Waals surface area (Å²) in [6.07, 6.45) is 2.63. The molecule has 0 spiro atoms. The summed E-state index contributed by atoms with van der Waals surface area (Å²) in [5.41, 5.74) is 0.429. The highest BCUT2D eigenvalue weighted by molar-refractivity contribution is 9.10. The van der Waals surface area contributed by atoms with Crippen LogP contribution in [0.5, 0.6) is 0 Å². The van der Waals surface area contributed by atoms with E-state index in [1.165, 1.54) is 12.7 Å². The fourth-order valence-corrected chi connectivity index (χ4v) is 1.40. The highest BCUT2D eigenvalue weighted by Crippen LogP contribution is 2.17. The number of halogens is 1. The van der Waals surface area contributed by atoms with Crippen molar-refractivity contribution in [2.45, 2.75) is 6.54 Å². The van der Waals surface area contributed by atoms with Crippen molar-refractivity contribution in [1.29, 1.82) is 0 Å². The first kappa shape index (κ1) is 9.91. The van der Waals surface area contributed by atoms with Crippen LogP contribution in [0.25, 0.3) is 0 Å². The van der Waals surface area contributed by atoms with E-state index in [1.54, 1.807) is 6.07 Å². The number of nitrogens with one attached hydrogen (secondary N) is 1. The van der Waals surface area contributed by atoms with Gasteiger partial charge in [0.25, 0.3) is 5.91 Å². The van der Waals surface area contributed by atoms with Crippen LogP contribution in [0.15, 0.2) is 32.3 Å². The number of aromatic nitrogens is 2. The van der Waals surface area contributed by atoms with Crippen LogP contribution in [0.4, 0.5) is 0 Å². The van der Waals surface area contributed by atoms with E-state index in [2.05, 4.69) is 35.9 Å². The zero-order valence-corrected chi connectivity index (χ0v) is 9.02. The van der Waals surface area contributed by atoms with E-state index in [0.29, 0.717) is 16.1 Å². The smallest absolute Gasteiger partial charge is 0.256 e. The summed E-state index contributed by atoms with van der Waals surface area (Å²) in [7, 11) is 0. The number of rotatable bonds is 3. The third-order valence-corrected chi connectivity index (χ3v) is 2.29. The summed E-state index contributed by atoms with van der Waals surface area (Å²) >= 11 is 3.11. The molecule has 78 valence electrons. The molecule has 2 aromatic rings. The van der Waals surface area contributed by atoms with E-state index in [-0.39, 0.29) is 12.5 Å². The van der Waals surface area contributed by atoms with Crippen LogP contribution in [-0.4, -0.2) is 16.0 Å². The zero-order valence-electron chi connectivity index (χ0n) is 7.44. The quantitative estimate of drug-likeness (QED) is 0.912. The Labute approximate surface area is 92.8 Å². The summed E-state index contributed by atoms with van der Waals surface area (Å²) in [6, 6.07) is 1.57. The second-order valence-electron chi connectivity index (χ2n) is 2.64. The van der Waals surface area contributed by atoms with Crippen LogP contribution in [0.1, 0.15) is 16.2 Å². The maximum Gasteiger partial charge on any atom is 0.256 e. The van der Waals surface area contributed by atoms with Crippen LogP contribution in [0.2, 0.25) is 0 Å². The number of carbonyl (C=O) groups excluding carboxylic acids is 1. The molecule has 1 N–H and O–H groups in total. The maximum absolute atomic E-state index is 11.5. The Bertz CT molecular complexity index is 451. The molecule has 0 unspecified atom stereocenters. The van der Waals surface area contributed by atoms with Crippen molar-refractivity contribution >= 4 is 21.8 Å². The Kier molecular flexibility index (Phi) is 2.82. The van der Waals surface area contributed by atoms with Gasteiger partial charge in [0.05, 0.1) is 18.4 Å². The van der Waals surface area contributed by atoms with Gasteiger partial charge in [-0.2, -0.15) is 4.98 Å². The second-order valence-corrected chi connectivity index (χ2v) is 3.36. The lowest BCUT2D eigenvalue weighted by Crippen LogP contribution is -2.23. The van der Waals surface area contributed by atoms with E-state index >= 15 is 0 Å². The molecule has 0 atom stereocenters. The molecular weight excluding hydrogens is 266 g/mol. The molecule has 0 aliphatic rings. The van der Waals surface area contributed by atoms with Gasteiger partial charge in [-0.05, 0) is 22.0 Å². The number of nitrogens with zero attached hydrogens (tertiary/aromatic N) is 2. The summed E-state index contributed by atoms with van der Waals surface area (Å²) in [5.74, 6) is 0.156. The minimum Gasteiger partial charge on any atom is -0.457 e. The summed E-state index contributed by atoms with van der Waals surface area (Å²) in [6.45, 7) is 0.215. The first-order chi connectivity index (χ1) is 7.27. The molecule has 0 saturated heterocycles. The van der Waals surface area contributed by atoms with E-state index in [0.717, 1.165) is 0 Å². The molecule has 1 amide bonds. The average Bonchev–Trinajstić information content (AvgIpc) is 2.84. The van der Waals surface area contributed by atoms with Crippen LogP contribution >= 0.6 is 15.9 Å². The van der Waals surface area contributed by atoms with E-state index < -0.39 is 0 Å². The van der Waals surface area contributed by atoms with Crippen molar-refractivity contribution in [3.63, 3.8) is 0 Å². The predicted molar refractivity (Wildman–Crippen MR) is 51.9 cm³/mol. The topological polar surface area (TPSA) is 81.2 Å². The summed E-state index contributed by atoms with van der Waals surface area (Å²) in [4.78, 5) is 15.3. The summed E-state index contributed by atoms with van der Waals surface area (Å²) < 4.78 is 9.85. The molecule has 0 aliphatic heterocycles. The van der Waals surface area contributed by atoms with E-state index in [1.807, 2.05) is 0 Å². The number of furan rings is 1. The summed E-state index contributed by atoms with van der Waals surface area (Å²) in [5, 5.41) is 6.17. The van der Waals surface area contributed by atoms with E-state index in [4.69, 9.17) is 4.42 Å². The fraction of sp³-hybridized carbons (Fsp3) is 0.125. The molecule has 15 heavy (non-hydrogen) atoms. The van der Waals surface area contributed by atoms with Crippen molar-refractivity contribution in [3.05, 3.63) is 34.8 Å². The van der Waals surface area contributed by atoms with Gasteiger partial charge in [0.15, 0.2) is 10.5 Å². The van der Waals surface area contributed by atoms with Crippen LogP contribution in [0, 0.1) is 0 Å². The maximum atomic E-state index is 11.5. The van der Waals surface area contributed by atoms with Gasteiger partial charge in [0, 0.05) is 0 Å². The molecule has 0 aliphatic carbocycles. The first-order valence-corrected chi connectivity index (χ1v) is 4.83. The minimum absolute atomic E-state index is 0.215. The molecular formula is C8H6BrN3O3. The lowest BCUT2D eigenvalue weighted by Gasteiger charge is -1.99. The van der Waals surface area contributed by atoms with Crippen molar-refractivity contribution in [3.8, 4) is 0 Å². The highest BCUT2D eigenvalue weighted by Gasteiger charge is 2.12. The number of hydrogen-bond donors (Lipinski definition) is 1. The molecule has 2 rings (SSSR count). The Hall–Kier alpha value is -1.63. The van der Waals surface area contributed by atoms with Crippen molar-refractivity contribution < 1.29 is 13.7 Å². The van der Waals surface area contributed by atoms with Gasteiger partial charge in [-0.3, -0.25) is 4.79 Å². The second kappa shape index (κ2) is 4.26. The Morgan fingerprint density at radius 2 is 2.47 bits per heavy atom. The third-order valence-electron chi connectivity index (χ3n) is 1.68. The van der Waals surface area contributed by atoms with Gasteiger partial charge >= 0.3 is 0 Å². The monoisotopic (exact) mass is 271 g/mol. The molecule has 0 aromatic carbocycles. The molecule has 0 bridgehead atoms. The minimum atomic E-state index is -0.263. The lowest BCUT2D eigenvalue weighted by molar-refractivity contribution is 0.0948. The Balaban J connectivity index is 1.96. The molecule has 0 fully saturated rings. The van der Waals surface area contributed by atoms with Gasteiger partial charge in [-0.25, -0.2) is 0 Å². The van der Waals surface area contributed by atoms with E-state index in [9.17, 15) is 4.79 Å². The normalized spacial score (nSPS) is 10.2. The molecule has 2 heterocycles. The lowest BCUT2D eigenvalue weighted by atomic mass is 10.3. The SMILES string of the molecule is O=C(NCc1ncon1)c1ccoc1Br. The predicted octanol–water partition coefficient (Wildman–Crippen LogP) is 1.36. The van der Waals surface area contributed by atoms with Gasteiger partial charge in [-0.15, -0.1) is 0 Å². The molecule has 0 radical (unpaired) electrons. The van der Waals surface area contributed by atoms with Crippen molar-refractivity contribution in [1.82, 2.24) is 15.5 Å².